The molecule has 0 aromatic rings. The summed E-state index contributed by atoms with van der Waals surface area (Å²) in [5.74, 6) is -1.02. The molecule has 21 heavy (non-hydrogen) atoms. The quantitative estimate of drug-likeness (QED) is 0.397. The van der Waals surface area contributed by atoms with Gasteiger partial charge in [-0.2, -0.15) is 0 Å². The zero-order chi connectivity index (χ0) is 16.5. The monoisotopic (exact) mass is 304 g/mol. The van der Waals surface area contributed by atoms with Gasteiger partial charge in [-0.05, 0) is 25.8 Å². The van der Waals surface area contributed by atoms with Crippen molar-refractivity contribution in [1.82, 2.24) is 0 Å². The number of carboxylic acid groups (broad SMARTS) is 1. The Morgan fingerprint density at radius 2 is 1.71 bits per heavy atom. The number of hydrogen-bond acceptors (Lipinski definition) is 5. The number of aliphatic carboxylic acids is 1. The van der Waals surface area contributed by atoms with Gasteiger partial charge in [0.15, 0.2) is 0 Å². The van der Waals surface area contributed by atoms with E-state index in [2.05, 4.69) is 11.7 Å². The lowest BCUT2D eigenvalue weighted by Gasteiger charge is -2.07. The van der Waals surface area contributed by atoms with Crippen LogP contribution in [0.4, 0.5) is 0 Å². The van der Waals surface area contributed by atoms with Crippen LogP contribution in [0, 0.1) is 0 Å². The zero-order valence-electron chi connectivity index (χ0n) is 13.5. The van der Waals surface area contributed by atoms with Crippen molar-refractivity contribution in [3.63, 3.8) is 0 Å². The number of carboxylic acids is 1. The normalized spacial score (nSPS) is 11.2. The van der Waals surface area contributed by atoms with Crippen LogP contribution in [0.15, 0.2) is 0 Å². The third-order valence-corrected chi connectivity index (χ3v) is 2.97. The first kappa shape index (κ1) is 22.1. The van der Waals surface area contributed by atoms with E-state index in [-0.39, 0.29) is 5.97 Å². The summed E-state index contributed by atoms with van der Waals surface area (Å²) < 4.78 is 4.45. The molecule has 0 fully saturated rings. The standard InChI is InChI=1S/C8H16O2.C7H16N2O2/c1-2-3-4-5-6-7-8(9)10;1-11-7(10)6(9)4-2-3-5-8/h2-7H2,1H3,(H,9,10);6H,2-5,8-9H2,1H3. The average molecular weight is 304 g/mol. The second-order valence-electron chi connectivity index (χ2n) is 4.97. The van der Waals surface area contributed by atoms with E-state index in [4.69, 9.17) is 16.6 Å². The zero-order valence-corrected chi connectivity index (χ0v) is 13.5. The van der Waals surface area contributed by atoms with Crippen LogP contribution in [0.25, 0.3) is 0 Å². The Morgan fingerprint density at radius 1 is 1.10 bits per heavy atom. The third-order valence-electron chi connectivity index (χ3n) is 2.97. The van der Waals surface area contributed by atoms with Crippen LogP contribution in [-0.4, -0.2) is 36.7 Å². The maximum atomic E-state index is 10.7. The van der Waals surface area contributed by atoms with Gasteiger partial charge in [0.25, 0.3) is 0 Å². The van der Waals surface area contributed by atoms with Crippen molar-refractivity contribution in [1.29, 1.82) is 0 Å². The van der Waals surface area contributed by atoms with Gasteiger partial charge < -0.3 is 21.3 Å². The van der Waals surface area contributed by atoms with Crippen molar-refractivity contribution < 1.29 is 19.4 Å². The fourth-order valence-electron chi connectivity index (χ4n) is 1.66. The molecule has 6 nitrogen and oxygen atoms in total. The predicted octanol–water partition coefficient (Wildman–Crippen LogP) is 2.05. The Morgan fingerprint density at radius 3 is 2.19 bits per heavy atom. The van der Waals surface area contributed by atoms with Gasteiger partial charge in [0, 0.05) is 6.42 Å². The number of hydrogen-bond donors (Lipinski definition) is 3. The predicted molar refractivity (Wildman–Crippen MR) is 83.9 cm³/mol. The topological polar surface area (TPSA) is 116 Å². The molecule has 126 valence electrons. The summed E-state index contributed by atoms with van der Waals surface area (Å²) in [7, 11) is 1.34. The Labute approximate surface area is 128 Å². The van der Waals surface area contributed by atoms with Gasteiger partial charge in [-0.25, -0.2) is 0 Å². The van der Waals surface area contributed by atoms with E-state index in [0.29, 0.717) is 19.4 Å². The average Bonchev–Trinajstić information content (AvgIpc) is 2.46. The number of methoxy groups -OCH3 is 1. The fraction of sp³-hybridized carbons (Fsp3) is 0.867. The molecule has 0 spiro atoms. The van der Waals surface area contributed by atoms with Gasteiger partial charge in [0.2, 0.25) is 0 Å². The van der Waals surface area contributed by atoms with E-state index in [1.54, 1.807) is 0 Å². The molecule has 1 atom stereocenters. The van der Waals surface area contributed by atoms with Crippen molar-refractivity contribution in [3.8, 4) is 0 Å². The number of carbonyl (C=O) groups is 2. The summed E-state index contributed by atoms with van der Waals surface area (Å²) in [5, 5.41) is 8.27. The third kappa shape index (κ3) is 18.9. The molecule has 0 rings (SSSR count). The van der Waals surface area contributed by atoms with Crippen molar-refractivity contribution in [2.75, 3.05) is 13.7 Å². The van der Waals surface area contributed by atoms with Crippen LogP contribution in [0.1, 0.15) is 64.7 Å². The minimum Gasteiger partial charge on any atom is -0.481 e. The number of unbranched alkanes of at least 4 members (excludes halogenated alkanes) is 5. The lowest BCUT2D eigenvalue weighted by atomic mass is 10.1. The number of ether oxygens (including phenoxy) is 1. The molecule has 0 aromatic heterocycles. The molecular formula is C15H32N2O4. The molecule has 0 saturated carbocycles. The van der Waals surface area contributed by atoms with Crippen molar-refractivity contribution in [2.45, 2.75) is 70.8 Å². The van der Waals surface area contributed by atoms with Crippen LogP contribution in [-0.2, 0) is 14.3 Å². The molecule has 0 radical (unpaired) electrons. The summed E-state index contributed by atoms with van der Waals surface area (Å²) in [6.45, 7) is 2.80. The first-order valence-corrected chi connectivity index (χ1v) is 7.74. The molecule has 0 aliphatic carbocycles. The molecule has 0 aliphatic heterocycles. The van der Waals surface area contributed by atoms with Gasteiger partial charge in [0.05, 0.1) is 7.11 Å². The highest BCUT2D eigenvalue weighted by molar-refractivity contribution is 5.75. The molecule has 0 heterocycles. The maximum absolute atomic E-state index is 10.7. The molecule has 0 bridgehead atoms. The van der Waals surface area contributed by atoms with E-state index in [1.165, 1.54) is 26.4 Å². The fourth-order valence-corrected chi connectivity index (χ4v) is 1.66. The van der Waals surface area contributed by atoms with E-state index in [9.17, 15) is 9.59 Å². The molecule has 6 heteroatoms. The van der Waals surface area contributed by atoms with Crippen molar-refractivity contribution >= 4 is 11.9 Å². The van der Waals surface area contributed by atoms with E-state index >= 15 is 0 Å². The molecular weight excluding hydrogens is 272 g/mol. The highest BCUT2D eigenvalue weighted by Gasteiger charge is 2.11. The van der Waals surface area contributed by atoms with Crippen molar-refractivity contribution in [2.24, 2.45) is 11.5 Å². The first-order valence-electron chi connectivity index (χ1n) is 7.74. The van der Waals surface area contributed by atoms with Gasteiger partial charge in [0.1, 0.15) is 6.04 Å². The number of nitrogens with two attached hydrogens (primary N) is 2. The highest BCUT2D eigenvalue weighted by Crippen LogP contribution is 2.04. The van der Waals surface area contributed by atoms with Crippen LogP contribution in [0.5, 0.6) is 0 Å². The van der Waals surface area contributed by atoms with Crippen LogP contribution in [0.2, 0.25) is 0 Å². The molecule has 5 N–H and O–H groups in total. The van der Waals surface area contributed by atoms with Crippen LogP contribution >= 0.6 is 0 Å². The Bertz CT molecular complexity index is 260. The van der Waals surface area contributed by atoms with E-state index in [0.717, 1.165) is 25.7 Å². The number of rotatable bonds is 11. The summed E-state index contributed by atoms with van der Waals surface area (Å²) in [4.78, 5) is 20.8. The van der Waals surface area contributed by atoms with E-state index < -0.39 is 12.0 Å². The molecule has 0 amide bonds. The largest absolute Gasteiger partial charge is 0.481 e. The molecule has 1 unspecified atom stereocenters. The molecule has 0 aromatic carbocycles. The lowest BCUT2D eigenvalue weighted by molar-refractivity contribution is -0.142. The summed E-state index contributed by atoms with van der Waals surface area (Å²) in [6, 6.07) is -0.480. The molecule has 0 saturated heterocycles. The van der Waals surface area contributed by atoms with Gasteiger partial charge in [-0.1, -0.05) is 39.0 Å². The second-order valence-corrected chi connectivity index (χ2v) is 4.97. The van der Waals surface area contributed by atoms with Crippen molar-refractivity contribution in [3.05, 3.63) is 0 Å². The summed E-state index contributed by atoms with van der Waals surface area (Å²) in [5.41, 5.74) is 10.7. The smallest absolute Gasteiger partial charge is 0.322 e. The number of esters is 1. The Balaban J connectivity index is 0. The SMILES string of the molecule is CCCCCCCC(=O)O.COC(=O)C(N)CCCCN. The highest BCUT2D eigenvalue weighted by atomic mass is 16.5. The second kappa shape index (κ2) is 16.9. The maximum Gasteiger partial charge on any atom is 0.322 e. The van der Waals surface area contributed by atoms with E-state index in [1.807, 2.05) is 0 Å². The molecule has 0 aliphatic rings. The first-order chi connectivity index (χ1) is 9.99. The Hall–Kier alpha value is -1.14. The van der Waals surface area contributed by atoms with Gasteiger partial charge >= 0.3 is 11.9 Å². The minimum atomic E-state index is -0.670. The Kier molecular flexibility index (Phi) is 17.8. The van der Waals surface area contributed by atoms with Crippen LogP contribution in [0.3, 0.4) is 0 Å². The summed E-state index contributed by atoms with van der Waals surface area (Å²) in [6.07, 6.45) is 8.33. The number of carbonyl (C=O) groups excluding carboxylic acids is 1. The minimum absolute atomic E-state index is 0.337. The summed E-state index contributed by atoms with van der Waals surface area (Å²) >= 11 is 0. The van der Waals surface area contributed by atoms with Crippen LogP contribution < -0.4 is 11.5 Å². The van der Waals surface area contributed by atoms with Gasteiger partial charge in [-0.15, -0.1) is 0 Å². The lowest BCUT2D eigenvalue weighted by Crippen LogP contribution is -2.31. The van der Waals surface area contributed by atoms with Gasteiger partial charge in [-0.3, -0.25) is 9.59 Å².